The summed E-state index contributed by atoms with van der Waals surface area (Å²) >= 11 is 0. The predicted molar refractivity (Wildman–Crippen MR) is 85.4 cm³/mol. The first-order valence-electron chi connectivity index (χ1n) is 6.91. The van der Waals surface area contributed by atoms with Crippen molar-refractivity contribution in [1.29, 1.82) is 0 Å². The van der Waals surface area contributed by atoms with E-state index in [0.717, 1.165) is 12.8 Å². The highest BCUT2D eigenvalue weighted by Crippen LogP contribution is 2.45. The Morgan fingerprint density at radius 3 is 2.75 bits per heavy atom. The molecule has 112 valence electrons. The van der Waals surface area contributed by atoms with E-state index in [-0.39, 0.29) is 29.3 Å². The maximum absolute atomic E-state index is 9.75. The smallest absolute Gasteiger partial charge is 0.115 e. The fraction of sp³-hybridized carbons (Fsp3) is 0.500. The number of benzene rings is 1. The number of rotatable bonds is 0. The van der Waals surface area contributed by atoms with Crippen LogP contribution >= 0.6 is 12.4 Å². The van der Waals surface area contributed by atoms with E-state index in [4.69, 9.17) is 5.73 Å². The van der Waals surface area contributed by atoms with Crippen molar-refractivity contribution in [1.82, 2.24) is 0 Å². The molecule has 3 rings (SSSR count). The number of nitrogens with two attached hydrogens (primary N) is 1. The molecule has 2 aliphatic rings. The Labute approximate surface area is 126 Å². The number of phenols is 1. The Bertz CT molecular complexity index is 515. The van der Waals surface area contributed by atoms with Crippen LogP contribution in [0, 0.1) is 0 Å². The van der Waals surface area contributed by atoms with Gasteiger partial charge < -0.3 is 16.3 Å². The van der Waals surface area contributed by atoms with Crippen molar-refractivity contribution in [2.75, 3.05) is 0 Å². The molecule has 1 aromatic carbocycles. The number of hydrogen-bond donors (Lipinski definition) is 2. The molecular formula is C16H24ClNO2. The highest BCUT2D eigenvalue weighted by atomic mass is 35.5. The molecule has 0 aliphatic heterocycles. The first-order chi connectivity index (χ1) is 8.61. The summed E-state index contributed by atoms with van der Waals surface area (Å²) in [6.07, 6.45) is 8.24. The van der Waals surface area contributed by atoms with E-state index in [1.165, 1.54) is 36.0 Å². The molecule has 1 saturated carbocycles. The van der Waals surface area contributed by atoms with Crippen LogP contribution in [0.4, 0.5) is 0 Å². The lowest BCUT2D eigenvalue weighted by Gasteiger charge is -2.43. The molecule has 0 spiro atoms. The van der Waals surface area contributed by atoms with Gasteiger partial charge in [0.1, 0.15) is 5.75 Å². The van der Waals surface area contributed by atoms with E-state index in [1.807, 2.05) is 12.1 Å². The van der Waals surface area contributed by atoms with E-state index in [9.17, 15) is 5.11 Å². The zero-order chi connectivity index (χ0) is 12.8. The fourth-order valence-corrected chi connectivity index (χ4v) is 3.55. The summed E-state index contributed by atoms with van der Waals surface area (Å²) < 4.78 is 0. The lowest BCUT2D eigenvalue weighted by molar-refractivity contribution is 0.335. The van der Waals surface area contributed by atoms with Gasteiger partial charge in [0.05, 0.1) is 0 Å². The number of hydrogen-bond acceptors (Lipinski definition) is 2. The van der Waals surface area contributed by atoms with Gasteiger partial charge in [-0.1, -0.05) is 37.5 Å². The quantitative estimate of drug-likeness (QED) is 0.772. The average Bonchev–Trinajstić information content (AvgIpc) is 2.35. The lowest BCUT2D eigenvalue weighted by atomic mass is 9.64. The van der Waals surface area contributed by atoms with Crippen LogP contribution in [0.3, 0.4) is 0 Å². The highest BCUT2D eigenvalue weighted by molar-refractivity contribution is 5.85. The van der Waals surface area contributed by atoms with Crippen LogP contribution < -0.4 is 5.73 Å². The van der Waals surface area contributed by atoms with Gasteiger partial charge in [-0.15, -0.1) is 12.4 Å². The monoisotopic (exact) mass is 297 g/mol. The second kappa shape index (κ2) is 6.17. The number of aromatic hydroxyl groups is 1. The summed E-state index contributed by atoms with van der Waals surface area (Å²) in [5.74, 6) is 0.348. The van der Waals surface area contributed by atoms with Crippen molar-refractivity contribution in [2.24, 2.45) is 5.73 Å². The summed E-state index contributed by atoms with van der Waals surface area (Å²) in [5.41, 5.74) is 10.3. The number of fused-ring (bicyclic) bond motifs is 4. The number of halogens is 1. The van der Waals surface area contributed by atoms with Crippen molar-refractivity contribution in [3.63, 3.8) is 0 Å². The van der Waals surface area contributed by atoms with Gasteiger partial charge >= 0.3 is 0 Å². The van der Waals surface area contributed by atoms with Crippen molar-refractivity contribution in [3.8, 4) is 5.75 Å². The molecule has 0 saturated heterocycles. The van der Waals surface area contributed by atoms with Gasteiger partial charge in [-0.2, -0.15) is 0 Å². The first kappa shape index (κ1) is 17.0. The van der Waals surface area contributed by atoms with Crippen LogP contribution in [0.2, 0.25) is 0 Å². The van der Waals surface area contributed by atoms with E-state index in [2.05, 4.69) is 13.0 Å². The van der Waals surface area contributed by atoms with E-state index in [1.54, 1.807) is 6.07 Å². The fourth-order valence-electron chi connectivity index (χ4n) is 3.55. The maximum atomic E-state index is 9.75. The summed E-state index contributed by atoms with van der Waals surface area (Å²) in [6, 6.07) is 5.81. The molecule has 4 heteroatoms. The standard InChI is InChI=1S/C16H21NO.ClH.H2O/c1-16-8-4-2-3-5-12(15(16)17)9-11-6-7-13(18)10-14(11)16;;/h6-7,9-10,15,18H,2-5,8,17H2,1H3;1H;1H2. The zero-order valence-electron chi connectivity index (χ0n) is 11.9. The molecular weight excluding hydrogens is 274 g/mol. The first-order valence-corrected chi connectivity index (χ1v) is 6.91. The van der Waals surface area contributed by atoms with Crippen LogP contribution in [-0.2, 0) is 5.41 Å². The second-order valence-electron chi connectivity index (χ2n) is 5.95. The van der Waals surface area contributed by atoms with Crippen molar-refractivity contribution >= 4 is 18.5 Å². The van der Waals surface area contributed by atoms with Crippen molar-refractivity contribution in [3.05, 3.63) is 34.9 Å². The molecule has 2 aliphatic carbocycles. The highest BCUT2D eigenvalue weighted by Gasteiger charge is 2.40. The van der Waals surface area contributed by atoms with Gasteiger partial charge in [-0.25, -0.2) is 0 Å². The zero-order valence-corrected chi connectivity index (χ0v) is 12.7. The molecule has 1 aromatic rings. The Morgan fingerprint density at radius 1 is 1.25 bits per heavy atom. The summed E-state index contributed by atoms with van der Waals surface area (Å²) in [6.45, 7) is 2.26. The molecule has 2 atom stereocenters. The van der Waals surface area contributed by atoms with Crippen LogP contribution in [0.5, 0.6) is 5.75 Å². The Morgan fingerprint density at radius 2 is 2.00 bits per heavy atom. The maximum Gasteiger partial charge on any atom is 0.115 e. The third-order valence-electron chi connectivity index (χ3n) is 4.74. The van der Waals surface area contributed by atoms with Crippen LogP contribution in [0.15, 0.2) is 23.8 Å². The minimum Gasteiger partial charge on any atom is -0.508 e. The van der Waals surface area contributed by atoms with Gasteiger partial charge in [-0.05, 0) is 42.5 Å². The van der Waals surface area contributed by atoms with Crippen molar-refractivity contribution < 1.29 is 10.6 Å². The second-order valence-corrected chi connectivity index (χ2v) is 5.95. The Hall–Kier alpha value is -1.03. The van der Waals surface area contributed by atoms with E-state index in [0.29, 0.717) is 5.75 Å². The molecule has 0 radical (unpaired) electrons. The Balaban J connectivity index is 0.000001000. The van der Waals surface area contributed by atoms with Crippen LogP contribution in [-0.4, -0.2) is 16.6 Å². The van der Waals surface area contributed by atoms with Gasteiger partial charge in [-0.3, -0.25) is 0 Å². The minimum absolute atomic E-state index is 0. The van der Waals surface area contributed by atoms with Crippen molar-refractivity contribution in [2.45, 2.75) is 50.5 Å². The molecule has 3 nitrogen and oxygen atoms in total. The van der Waals surface area contributed by atoms with Gasteiger partial charge in [0.15, 0.2) is 0 Å². The largest absolute Gasteiger partial charge is 0.508 e. The molecule has 1 fully saturated rings. The van der Waals surface area contributed by atoms with E-state index < -0.39 is 0 Å². The molecule has 2 bridgehead atoms. The third-order valence-corrected chi connectivity index (χ3v) is 4.74. The number of phenolic OH excluding ortho intramolecular Hbond substituents is 1. The summed E-state index contributed by atoms with van der Waals surface area (Å²) in [7, 11) is 0. The third kappa shape index (κ3) is 2.58. The summed E-state index contributed by atoms with van der Waals surface area (Å²) in [5, 5.41) is 9.75. The molecule has 5 N–H and O–H groups in total. The molecule has 20 heavy (non-hydrogen) atoms. The predicted octanol–water partition coefficient (Wildman–Crippen LogP) is 2.94. The lowest BCUT2D eigenvalue weighted by Crippen LogP contribution is -2.47. The molecule has 0 amide bonds. The molecule has 0 heterocycles. The normalized spacial score (nSPS) is 27.9. The topological polar surface area (TPSA) is 77.8 Å². The SMILES string of the molecule is CC12CCCCCC(=Cc3ccc(O)cc31)C2N.Cl.O. The average molecular weight is 298 g/mol. The van der Waals surface area contributed by atoms with E-state index >= 15 is 0 Å². The van der Waals surface area contributed by atoms with Gasteiger partial charge in [0.2, 0.25) is 0 Å². The van der Waals surface area contributed by atoms with Crippen LogP contribution in [0.1, 0.15) is 50.2 Å². The van der Waals surface area contributed by atoms with Crippen LogP contribution in [0.25, 0.3) is 6.08 Å². The molecule has 0 aromatic heterocycles. The van der Waals surface area contributed by atoms with Gasteiger partial charge in [0.25, 0.3) is 0 Å². The molecule has 2 unspecified atom stereocenters. The summed E-state index contributed by atoms with van der Waals surface area (Å²) in [4.78, 5) is 0. The Kier molecular flexibility index (Phi) is 5.25. The minimum atomic E-state index is -0.0153. The van der Waals surface area contributed by atoms with Gasteiger partial charge in [0, 0.05) is 11.5 Å².